The van der Waals surface area contributed by atoms with Gasteiger partial charge in [-0.1, -0.05) is 42.5 Å². The number of furan rings is 3. The summed E-state index contributed by atoms with van der Waals surface area (Å²) in [7, 11) is 0. The summed E-state index contributed by atoms with van der Waals surface area (Å²) in [5.41, 5.74) is 6.53. The summed E-state index contributed by atoms with van der Waals surface area (Å²) in [5, 5.41) is 4.07. The molecule has 136 valence electrons. The van der Waals surface area contributed by atoms with Gasteiger partial charge in [-0.2, -0.15) is 0 Å². The first-order valence-electron chi connectivity index (χ1n) is 9.47. The molecule has 0 aliphatic rings. The molecule has 4 heterocycles. The average molecular weight is 375 g/mol. The summed E-state index contributed by atoms with van der Waals surface area (Å²) in [6.07, 6.45) is 1.76. The molecule has 0 spiro atoms. The van der Waals surface area contributed by atoms with E-state index in [4.69, 9.17) is 13.3 Å². The molecule has 0 aliphatic heterocycles. The minimum Gasteiger partial charge on any atom is -0.455 e. The van der Waals surface area contributed by atoms with Crippen molar-refractivity contribution in [2.45, 2.75) is 0 Å². The molecule has 4 aromatic heterocycles. The van der Waals surface area contributed by atoms with Crippen LogP contribution in [0.4, 0.5) is 0 Å². The van der Waals surface area contributed by atoms with E-state index in [0.29, 0.717) is 5.58 Å². The molecule has 0 aliphatic carbocycles. The molecule has 7 aromatic rings. The summed E-state index contributed by atoms with van der Waals surface area (Å²) in [6, 6.07) is 24.2. The number of rotatable bonds is 1. The van der Waals surface area contributed by atoms with Crippen molar-refractivity contribution in [3.63, 3.8) is 0 Å². The lowest BCUT2D eigenvalue weighted by Gasteiger charge is -2.02. The molecule has 0 saturated heterocycles. The summed E-state index contributed by atoms with van der Waals surface area (Å²) in [4.78, 5) is 4.66. The van der Waals surface area contributed by atoms with E-state index in [1.54, 1.807) is 6.20 Å². The van der Waals surface area contributed by atoms with Crippen molar-refractivity contribution in [1.29, 1.82) is 0 Å². The second kappa shape index (κ2) is 5.26. The van der Waals surface area contributed by atoms with Crippen LogP contribution in [0.5, 0.6) is 0 Å². The van der Waals surface area contributed by atoms with Crippen molar-refractivity contribution >= 4 is 55.0 Å². The molecule has 0 N–H and O–H groups in total. The summed E-state index contributed by atoms with van der Waals surface area (Å²) < 4.78 is 18.3. The van der Waals surface area contributed by atoms with Gasteiger partial charge < -0.3 is 13.3 Å². The number of fused-ring (bicyclic) bond motifs is 8. The molecule has 3 aromatic carbocycles. The fourth-order valence-corrected chi connectivity index (χ4v) is 4.21. The summed E-state index contributed by atoms with van der Waals surface area (Å²) in [6.45, 7) is 0. The lowest BCUT2D eigenvalue weighted by molar-refractivity contribution is 0.652. The second-order valence-corrected chi connectivity index (χ2v) is 7.20. The monoisotopic (exact) mass is 375 g/mol. The lowest BCUT2D eigenvalue weighted by atomic mass is 10.1. The van der Waals surface area contributed by atoms with E-state index >= 15 is 0 Å². The van der Waals surface area contributed by atoms with Crippen LogP contribution < -0.4 is 0 Å². The van der Waals surface area contributed by atoms with Gasteiger partial charge in [0.1, 0.15) is 16.7 Å². The molecule has 0 saturated carbocycles. The van der Waals surface area contributed by atoms with Crippen LogP contribution in [0.2, 0.25) is 0 Å². The molecule has 0 atom stereocenters. The van der Waals surface area contributed by atoms with Crippen LogP contribution in [-0.2, 0) is 0 Å². The van der Waals surface area contributed by atoms with Gasteiger partial charge in [-0.3, -0.25) is 4.98 Å². The predicted octanol–water partition coefficient (Wildman–Crippen LogP) is 7.29. The maximum absolute atomic E-state index is 6.18. The van der Waals surface area contributed by atoms with Crippen molar-refractivity contribution in [3.8, 4) is 11.3 Å². The van der Waals surface area contributed by atoms with Gasteiger partial charge in [0, 0.05) is 16.3 Å². The van der Waals surface area contributed by atoms with E-state index in [-0.39, 0.29) is 0 Å². The van der Waals surface area contributed by atoms with Crippen molar-refractivity contribution in [2.24, 2.45) is 0 Å². The van der Waals surface area contributed by atoms with Crippen molar-refractivity contribution in [2.75, 3.05) is 0 Å². The maximum Gasteiger partial charge on any atom is 0.181 e. The lowest BCUT2D eigenvalue weighted by Crippen LogP contribution is -1.83. The van der Waals surface area contributed by atoms with Crippen molar-refractivity contribution < 1.29 is 13.3 Å². The molecule has 0 radical (unpaired) electrons. The van der Waals surface area contributed by atoms with Crippen molar-refractivity contribution in [1.82, 2.24) is 4.98 Å². The number of nitrogens with zero attached hydrogens (tertiary/aromatic N) is 1. The van der Waals surface area contributed by atoms with Gasteiger partial charge in [0.2, 0.25) is 0 Å². The molecule has 0 unspecified atom stereocenters. The molecule has 0 amide bonds. The Morgan fingerprint density at radius 2 is 1.17 bits per heavy atom. The molecular formula is C25H13NO3. The van der Waals surface area contributed by atoms with Gasteiger partial charge in [-0.25, -0.2) is 0 Å². The van der Waals surface area contributed by atoms with E-state index < -0.39 is 0 Å². The fourth-order valence-electron chi connectivity index (χ4n) is 4.21. The SMILES string of the molecule is c1ccc2c(c1)oc1c(-c3cc4c(cn3)oc3c5ccccc5oc43)cccc12. The van der Waals surface area contributed by atoms with Crippen LogP contribution in [0.25, 0.3) is 66.3 Å². The Balaban J connectivity index is 1.54. The predicted molar refractivity (Wildman–Crippen MR) is 114 cm³/mol. The first kappa shape index (κ1) is 14.9. The van der Waals surface area contributed by atoms with Gasteiger partial charge >= 0.3 is 0 Å². The number of hydrogen-bond acceptors (Lipinski definition) is 4. The Kier molecular flexibility index (Phi) is 2.71. The van der Waals surface area contributed by atoms with Gasteiger partial charge in [0.15, 0.2) is 16.7 Å². The molecule has 0 bridgehead atoms. The molecule has 7 rings (SSSR count). The van der Waals surface area contributed by atoms with Crippen LogP contribution in [0.3, 0.4) is 0 Å². The van der Waals surface area contributed by atoms with Gasteiger partial charge in [-0.15, -0.1) is 0 Å². The molecular weight excluding hydrogens is 362 g/mol. The van der Waals surface area contributed by atoms with Crippen LogP contribution in [-0.4, -0.2) is 4.98 Å². The smallest absolute Gasteiger partial charge is 0.181 e. The van der Waals surface area contributed by atoms with Crippen LogP contribution >= 0.6 is 0 Å². The van der Waals surface area contributed by atoms with E-state index in [9.17, 15) is 0 Å². The minimum absolute atomic E-state index is 0.713. The van der Waals surface area contributed by atoms with Crippen molar-refractivity contribution in [3.05, 3.63) is 79.0 Å². The average Bonchev–Trinajstić information content (AvgIpc) is 3.43. The Bertz CT molecular complexity index is 1710. The first-order chi connectivity index (χ1) is 14.4. The van der Waals surface area contributed by atoms with E-state index in [1.165, 1.54) is 0 Å². The largest absolute Gasteiger partial charge is 0.455 e. The van der Waals surface area contributed by atoms with E-state index in [1.807, 2.05) is 60.7 Å². The van der Waals surface area contributed by atoms with E-state index in [0.717, 1.165) is 60.7 Å². The quantitative estimate of drug-likeness (QED) is 0.302. The third kappa shape index (κ3) is 1.95. The highest BCUT2D eigenvalue weighted by molar-refractivity contribution is 6.14. The topological polar surface area (TPSA) is 52.3 Å². The zero-order valence-corrected chi connectivity index (χ0v) is 15.2. The third-order valence-electron chi connectivity index (χ3n) is 5.55. The molecule has 4 nitrogen and oxygen atoms in total. The number of hydrogen-bond donors (Lipinski definition) is 0. The summed E-state index contributed by atoms with van der Waals surface area (Å²) >= 11 is 0. The zero-order valence-electron chi connectivity index (χ0n) is 15.2. The molecule has 0 fully saturated rings. The highest BCUT2D eigenvalue weighted by atomic mass is 16.4. The highest BCUT2D eigenvalue weighted by Gasteiger charge is 2.18. The minimum atomic E-state index is 0.713. The number of benzene rings is 3. The number of pyridine rings is 1. The van der Waals surface area contributed by atoms with E-state index in [2.05, 4.69) is 17.1 Å². The van der Waals surface area contributed by atoms with Gasteiger partial charge in [0.25, 0.3) is 0 Å². The first-order valence-corrected chi connectivity index (χ1v) is 9.47. The maximum atomic E-state index is 6.18. The zero-order chi connectivity index (χ0) is 18.9. The van der Waals surface area contributed by atoms with Crippen LogP contribution in [0.15, 0.2) is 92.2 Å². The second-order valence-electron chi connectivity index (χ2n) is 7.20. The Hall–Kier alpha value is -4.05. The number of para-hydroxylation sites is 3. The standard InChI is InChI=1S/C25H13NO3/c1-3-10-20-14(6-1)15-8-5-9-16(23(15)27-20)19-12-18-22(13-26-19)29-24-17-7-2-4-11-21(17)28-25(18)24/h1-13H. The molecule has 4 heteroatoms. The Morgan fingerprint density at radius 1 is 0.517 bits per heavy atom. The van der Waals surface area contributed by atoms with Gasteiger partial charge in [0.05, 0.1) is 22.7 Å². The fraction of sp³-hybridized carbons (Fsp3) is 0. The normalized spacial score (nSPS) is 12.1. The summed E-state index contributed by atoms with van der Waals surface area (Å²) in [5.74, 6) is 0. The third-order valence-corrected chi connectivity index (χ3v) is 5.55. The van der Waals surface area contributed by atoms with Gasteiger partial charge in [-0.05, 0) is 30.3 Å². The highest BCUT2D eigenvalue weighted by Crippen LogP contribution is 2.39. The van der Waals surface area contributed by atoms with Crippen LogP contribution in [0.1, 0.15) is 0 Å². The molecule has 29 heavy (non-hydrogen) atoms. The Morgan fingerprint density at radius 3 is 2.07 bits per heavy atom. The van der Waals surface area contributed by atoms with Crippen LogP contribution in [0, 0.1) is 0 Å². The Labute approximate surface area is 163 Å². The number of aromatic nitrogens is 1.